The Morgan fingerprint density at radius 3 is 0.845 bits per heavy atom. The molecule has 0 heterocycles. The quantitative estimate of drug-likeness (QED) is 0.0346. The van der Waals surface area contributed by atoms with Gasteiger partial charge in [-0.2, -0.15) is 0 Å². The molecule has 0 aromatic rings. The molecular weight excluding hydrogens is 721 g/mol. The van der Waals surface area contributed by atoms with Gasteiger partial charge in [0.2, 0.25) is 0 Å². The molecule has 0 saturated carbocycles. The monoisotopic (exact) mass is 821 g/mol. The molecule has 1 atom stereocenters. The van der Waals surface area contributed by atoms with Gasteiger partial charge in [-0.05, 0) is 25.2 Å². The van der Waals surface area contributed by atoms with Crippen LogP contribution >= 0.6 is 0 Å². The van der Waals surface area contributed by atoms with Crippen molar-refractivity contribution in [3.8, 4) is 0 Å². The summed E-state index contributed by atoms with van der Waals surface area (Å²) in [6, 6.07) is 0. The third kappa shape index (κ3) is 45.5. The molecule has 0 aliphatic rings. The minimum absolute atomic E-state index is 0.0633. The zero-order chi connectivity index (χ0) is 42.4. The SMILES string of the molecule is CCCCCCCCCCCCCCCCCCC(=O)OC[C@H](COC(=O)CCCCCCCCCCCCCCCCC(C)C)OC(=O)CCCCCCCCC. The zero-order valence-electron chi connectivity index (χ0n) is 39.5. The van der Waals surface area contributed by atoms with E-state index in [9.17, 15) is 14.4 Å². The van der Waals surface area contributed by atoms with E-state index < -0.39 is 6.10 Å². The maximum Gasteiger partial charge on any atom is 0.306 e. The smallest absolute Gasteiger partial charge is 0.306 e. The Kier molecular flexibility index (Phi) is 45.2. The first-order valence-electron chi connectivity index (χ1n) is 25.9. The van der Waals surface area contributed by atoms with Crippen LogP contribution in [-0.4, -0.2) is 37.2 Å². The van der Waals surface area contributed by atoms with E-state index in [1.165, 1.54) is 186 Å². The number of carbonyl (C=O) groups is 3. The highest BCUT2D eigenvalue weighted by atomic mass is 16.6. The lowest BCUT2D eigenvalue weighted by atomic mass is 10.0. The first-order chi connectivity index (χ1) is 28.4. The first kappa shape index (κ1) is 56.4. The summed E-state index contributed by atoms with van der Waals surface area (Å²) in [5.41, 5.74) is 0. The Balaban J connectivity index is 4.15. The number of esters is 3. The molecule has 0 aromatic carbocycles. The topological polar surface area (TPSA) is 78.9 Å². The van der Waals surface area contributed by atoms with Gasteiger partial charge in [0.25, 0.3) is 0 Å². The number of ether oxygens (including phenoxy) is 3. The van der Waals surface area contributed by atoms with Crippen molar-refractivity contribution < 1.29 is 28.6 Å². The lowest BCUT2D eigenvalue weighted by Crippen LogP contribution is -2.30. The van der Waals surface area contributed by atoms with E-state index in [0.717, 1.165) is 63.7 Å². The van der Waals surface area contributed by atoms with Crippen LogP contribution in [0, 0.1) is 5.92 Å². The van der Waals surface area contributed by atoms with Crippen molar-refractivity contribution in [3.05, 3.63) is 0 Å². The highest BCUT2D eigenvalue weighted by Gasteiger charge is 2.19. The fourth-order valence-electron chi connectivity index (χ4n) is 7.86. The van der Waals surface area contributed by atoms with E-state index in [1.807, 2.05) is 0 Å². The molecule has 0 rings (SSSR count). The summed E-state index contributed by atoms with van der Waals surface area (Å²) < 4.78 is 16.7. The lowest BCUT2D eigenvalue weighted by molar-refractivity contribution is -0.167. The Labute approximate surface area is 361 Å². The van der Waals surface area contributed by atoms with Gasteiger partial charge in [-0.3, -0.25) is 14.4 Å². The van der Waals surface area contributed by atoms with Crippen molar-refractivity contribution in [1.82, 2.24) is 0 Å². The first-order valence-corrected chi connectivity index (χ1v) is 25.9. The fraction of sp³-hybridized carbons (Fsp3) is 0.942. The molecule has 0 aliphatic heterocycles. The Hall–Kier alpha value is -1.59. The molecule has 58 heavy (non-hydrogen) atoms. The molecule has 0 spiro atoms. The summed E-state index contributed by atoms with van der Waals surface area (Å²) in [5.74, 6) is -0.00646. The second kappa shape index (κ2) is 46.5. The maximum absolute atomic E-state index is 12.7. The highest BCUT2D eigenvalue weighted by molar-refractivity contribution is 5.71. The number of hydrogen-bond donors (Lipinski definition) is 0. The third-order valence-corrected chi connectivity index (χ3v) is 11.8. The van der Waals surface area contributed by atoms with Crippen LogP contribution in [0.4, 0.5) is 0 Å². The molecule has 0 bridgehead atoms. The number of unbranched alkanes of at least 4 members (excludes halogenated alkanes) is 34. The second-order valence-electron chi connectivity index (χ2n) is 18.3. The summed E-state index contributed by atoms with van der Waals surface area (Å²) in [6.07, 6.45) is 48.2. The van der Waals surface area contributed by atoms with Crippen molar-refractivity contribution in [1.29, 1.82) is 0 Å². The number of rotatable bonds is 47. The van der Waals surface area contributed by atoms with Gasteiger partial charge in [0.15, 0.2) is 6.10 Å². The minimum Gasteiger partial charge on any atom is -0.462 e. The highest BCUT2D eigenvalue weighted by Crippen LogP contribution is 2.17. The molecule has 0 aromatic heterocycles. The summed E-state index contributed by atoms with van der Waals surface area (Å²) in [7, 11) is 0. The van der Waals surface area contributed by atoms with Crippen LogP contribution in [0.3, 0.4) is 0 Å². The van der Waals surface area contributed by atoms with Gasteiger partial charge < -0.3 is 14.2 Å². The molecule has 0 amide bonds. The van der Waals surface area contributed by atoms with Crippen LogP contribution in [0.25, 0.3) is 0 Å². The van der Waals surface area contributed by atoms with Crippen LogP contribution in [0.15, 0.2) is 0 Å². The van der Waals surface area contributed by atoms with Crippen LogP contribution in [-0.2, 0) is 28.6 Å². The molecule has 0 N–H and O–H groups in total. The normalized spacial score (nSPS) is 11.9. The molecule has 0 saturated heterocycles. The van der Waals surface area contributed by atoms with Crippen molar-refractivity contribution in [2.75, 3.05) is 13.2 Å². The zero-order valence-corrected chi connectivity index (χ0v) is 39.5. The van der Waals surface area contributed by atoms with Gasteiger partial charge in [0.05, 0.1) is 0 Å². The van der Waals surface area contributed by atoms with Gasteiger partial charge in [-0.15, -0.1) is 0 Å². The minimum atomic E-state index is -0.759. The predicted molar refractivity (Wildman–Crippen MR) is 247 cm³/mol. The summed E-state index contributed by atoms with van der Waals surface area (Å²) in [5, 5.41) is 0. The lowest BCUT2D eigenvalue weighted by Gasteiger charge is -2.18. The van der Waals surface area contributed by atoms with Crippen LogP contribution < -0.4 is 0 Å². The molecule has 0 fully saturated rings. The van der Waals surface area contributed by atoms with Crippen molar-refractivity contribution >= 4 is 17.9 Å². The average Bonchev–Trinajstić information content (AvgIpc) is 3.21. The Morgan fingerprint density at radius 1 is 0.328 bits per heavy atom. The molecule has 0 aliphatic carbocycles. The Morgan fingerprint density at radius 2 is 0.569 bits per heavy atom. The summed E-state index contributed by atoms with van der Waals surface area (Å²) in [6.45, 7) is 9.00. The van der Waals surface area contributed by atoms with E-state index in [2.05, 4.69) is 27.7 Å². The molecule has 6 heteroatoms. The second-order valence-corrected chi connectivity index (χ2v) is 18.3. The van der Waals surface area contributed by atoms with Gasteiger partial charge in [-0.25, -0.2) is 0 Å². The van der Waals surface area contributed by atoms with Gasteiger partial charge in [-0.1, -0.05) is 252 Å². The van der Waals surface area contributed by atoms with E-state index in [1.54, 1.807) is 0 Å². The van der Waals surface area contributed by atoms with Crippen molar-refractivity contribution in [2.45, 2.75) is 297 Å². The summed E-state index contributed by atoms with van der Waals surface area (Å²) >= 11 is 0. The van der Waals surface area contributed by atoms with Gasteiger partial charge in [0.1, 0.15) is 13.2 Å². The Bertz CT molecular complexity index is 872. The maximum atomic E-state index is 12.7. The molecule has 6 nitrogen and oxygen atoms in total. The van der Waals surface area contributed by atoms with E-state index in [0.29, 0.717) is 19.3 Å². The van der Waals surface area contributed by atoms with E-state index >= 15 is 0 Å². The van der Waals surface area contributed by atoms with Crippen LogP contribution in [0.2, 0.25) is 0 Å². The van der Waals surface area contributed by atoms with Gasteiger partial charge in [0, 0.05) is 19.3 Å². The van der Waals surface area contributed by atoms with Crippen LogP contribution in [0.5, 0.6) is 0 Å². The molecule has 0 radical (unpaired) electrons. The van der Waals surface area contributed by atoms with Crippen LogP contribution in [0.1, 0.15) is 291 Å². The van der Waals surface area contributed by atoms with Gasteiger partial charge >= 0.3 is 17.9 Å². The predicted octanol–water partition coefficient (Wildman–Crippen LogP) is 16.7. The average molecular weight is 821 g/mol. The third-order valence-electron chi connectivity index (χ3n) is 11.8. The standard InChI is InChI=1S/C52H100O6/c1-5-7-9-11-13-14-15-16-17-18-22-25-28-32-35-39-43-50(53)56-46-49(58-52(55)45-41-37-30-12-10-8-6-2)47-57-51(54)44-40-36-33-29-26-23-20-19-21-24-27-31-34-38-42-48(3)4/h48-49H,5-47H2,1-4H3/t49-/m1/s1. The van der Waals surface area contributed by atoms with E-state index in [4.69, 9.17) is 14.2 Å². The van der Waals surface area contributed by atoms with Crippen molar-refractivity contribution in [2.24, 2.45) is 5.92 Å². The molecular formula is C52H100O6. The van der Waals surface area contributed by atoms with E-state index in [-0.39, 0.29) is 31.1 Å². The number of carbonyl (C=O) groups excluding carboxylic acids is 3. The number of hydrogen-bond acceptors (Lipinski definition) is 6. The molecule has 344 valence electrons. The largest absolute Gasteiger partial charge is 0.462 e. The summed E-state index contributed by atoms with van der Waals surface area (Å²) in [4.78, 5) is 37.8. The molecule has 0 unspecified atom stereocenters. The fourth-order valence-corrected chi connectivity index (χ4v) is 7.86. The van der Waals surface area contributed by atoms with Crippen molar-refractivity contribution in [3.63, 3.8) is 0 Å².